The number of amides is 1. The summed E-state index contributed by atoms with van der Waals surface area (Å²) in [7, 11) is 0. The largest absolute Gasteiger partial charge is 0.339 e. The number of hydrogen-bond donors (Lipinski definition) is 1. The summed E-state index contributed by atoms with van der Waals surface area (Å²) in [5.74, 6) is 0.122. The van der Waals surface area contributed by atoms with Crippen LogP contribution in [-0.4, -0.2) is 40.2 Å². The number of carbonyl (C=O) groups is 1. The molecule has 20 heavy (non-hydrogen) atoms. The van der Waals surface area contributed by atoms with E-state index in [-0.39, 0.29) is 5.91 Å². The molecule has 0 saturated carbocycles. The minimum atomic E-state index is 0.122. The van der Waals surface area contributed by atoms with Crippen LogP contribution in [0.2, 0.25) is 0 Å². The maximum absolute atomic E-state index is 12.6. The number of hydrogen-bond acceptors (Lipinski definition) is 3. The molecule has 2 rings (SSSR count). The summed E-state index contributed by atoms with van der Waals surface area (Å²) in [5.41, 5.74) is 7.57. The molecule has 1 saturated heterocycles. The quantitative estimate of drug-likeness (QED) is 0.913. The summed E-state index contributed by atoms with van der Waals surface area (Å²) in [6.07, 6.45) is 4.72. The van der Waals surface area contributed by atoms with Gasteiger partial charge in [-0.2, -0.15) is 5.10 Å². The minimum Gasteiger partial charge on any atom is -0.339 e. The molecule has 0 aliphatic carbocycles. The molecule has 112 valence electrons. The summed E-state index contributed by atoms with van der Waals surface area (Å²) in [4.78, 5) is 14.5. The summed E-state index contributed by atoms with van der Waals surface area (Å²) < 4.78 is 1.88. The van der Waals surface area contributed by atoms with E-state index >= 15 is 0 Å². The van der Waals surface area contributed by atoms with Gasteiger partial charge in [0.25, 0.3) is 5.91 Å². The highest BCUT2D eigenvalue weighted by Crippen LogP contribution is 2.30. The Labute approximate surface area is 121 Å². The maximum atomic E-state index is 12.6. The van der Waals surface area contributed by atoms with Gasteiger partial charge < -0.3 is 10.6 Å². The average molecular weight is 278 g/mol. The Hall–Kier alpha value is -1.36. The van der Waals surface area contributed by atoms with Gasteiger partial charge in [0.1, 0.15) is 0 Å². The highest BCUT2D eigenvalue weighted by Gasteiger charge is 2.29. The molecule has 2 N–H and O–H groups in total. The van der Waals surface area contributed by atoms with Gasteiger partial charge in [0.2, 0.25) is 0 Å². The fraction of sp³-hybridized carbons (Fsp3) is 0.733. The Morgan fingerprint density at radius 1 is 1.40 bits per heavy atom. The summed E-state index contributed by atoms with van der Waals surface area (Å²) >= 11 is 0. The smallest absolute Gasteiger partial charge is 0.257 e. The van der Waals surface area contributed by atoms with Gasteiger partial charge in [-0.25, -0.2) is 0 Å². The molecule has 0 atom stereocenters. The van der Waals surface area contributed by atoms with E-state index in [2.05, 4.69) is 18.9 Å². The molecule has 0 aromatic carbocycles. The van der Waals surface area contributed by atoms with E-state index in [1.807, 2.05) is 16.5 Å². The van der Waals surface area contributed by atoms with Crippen LogP contribution in [0.3, 0.4) is 0 Å². The lowest BCUT2D eigenvalue weighted by Crippen LogP contribution is -2.41. The van der Waals surface area contributed by atoms with Gasteiger partial charge in [-0.05, 0) is 38.1 Å². The molecular formula is C15H26N4O. The first kappa shape index (κ1) is 15.0. The van der Waals surface area contributed by atoms with Crippen LogP contribution in [-0.2, 0) is 6.54 Å². The van der Waals surface area contributed by atoms with Crippen LogP contribution in [0.5, 0.6) is 0 Å². The zero-order chi connectivity index (χ0) is 14.8. The third kappa shape index (κ3) is 3.20. The van der Waals surface area contributed by atoms with Crippen LogP contribution in [0.15, 0.2) is 6.20 Å². The Bertz CT molecular complexity index is 468. The molecular weight excluding hydrogens is 252 g/mol. The number of piperidine rings is 1. The fourth-order valence-corrected chi connectivity index (χ4v) is 2.61. The van der Waals surface area contributed by atoms with Gasteiger partial charge in [0.15, 0.2) is 0 Å². The van der Waals surface area contributed by atoms with Crippen molar-refractivity contribution in [3.05, 3.63) is 17.5 Å². The normalized spacial score (nSPS) is 18.3. The number of aromatic nitrogens is 2. The highest BCUT2D eigenvalue weighted by molar-refractivity contribution is 5.95. The molecule has 0 unspecified atom stereocenters. The topological polar surface area (TPSA) is 64.2 Å². The second-order valence-corrected chi connectivity index (χ2v) is 6.47. The molecule has 0 bridgehead atoms. The van der Waals surface area contributed by atoms with Crippen LogP contribution in [0, 0.1) is 12.3 Å². The second-order valence-electron chi connectivity index (χ2n) is 6.47. The monoisotopic (exact) mass is 278 g/mol. The molecule has 1 aromatic heterocycles. The van der Waals surface area contributed by atoms with Crippen molar-refractivity contribution < 1.29 is 4.79 Å². The standard InChI is InChI=1S/C15H26N4O/c1-12-13(11-17-19(12)8-4-7-16)14(20)18-9-5-15(2,3)6-10-18/h11H,4-10,16H2,1-3H3. The number of carbonyl (C=O) groups excluding carboxylic acids is 1. The van der Waals surface area contributed by atoms with Crippen LogP contribution in [0.1, 0.15) is 49.2 Å². The van der Waals surface area contributed by atoms with E-state index in [0.29, 0.717) is 12.0 Å². The zero-order valence-corrected chi connectivity index (χ0v) is 12.9. The molecule has 1 aromatic rings. The molecule has 1 aliphatic rings. The van der Waals surface area contributed by atoms with E-state index in [1.165, 1.54) is 0 Å². The number of aryl methyl sites for hydroxylation is 1. The molecule has 1 fully saturated rings. The number of likely N-dealkylation sites (tertiary alicyclic amines) is 1. The Morgan fingerprint density at radius 3 is 2.65 bits per heavy atom. The van der Waals surface area contributed by atoms with Crippen molar-refractivity contribution in [3.8, 4) is 0 Å². The van der Waals surface area contributed by atoms with Gasteiger partial charge in [-0.1, -0.05) is 13.8 Å². The molecule has 1 amide bonds. The van der Waals surface area contributed by atoms with Crippen molar-refractivity contribution in [3.63, 3.8) is 0 Å². The Kier molecular flexibility index (Phi) is 4.48. The maximum Gasteiger partial charge on any atom is 0.257 e. The van der Waals surface area contributed by atoms with Gasteiger partial charge in [0.05, 0.1) is 11.8 Å². The number of nitrogens with zero attached hydrogens (tertiary/aromatic N) is 3. The SMILES string of the molecule is Cc1c(C(=O)N2CCC(C)(C)CC2)cnn1CCCN. The summed E-state index contributed by atoms with van der Waals surface area (Å²) in [6.45, 7) is 9.62. The fourth-order valence-electron chi connectivity index (χ4n) is 2.61. The first-order chi connectivity index (χ1) is 9.44. The third-order valence-corrected chi connectivity index (χ3v) is 4.31. The van der Waals surface area contributed by atoms with Crippen molar-refractivity contribution in [2.24, 2.45) is 11.1 Å². The van der Waals surface area contributed by atoms with E-state index < -0.39 is 0 Å². The predicted octanol–water partition coefficient (Wildman–Crippen LogP) is 1.80. The van der Waals surface area contributed by atoms with Crippen molar-refractivity contribution in [1.29, 1.82) is 0 Å². The number of rotatable bonds is 4. The highest BCUT2D eigenvalue weighted by atomic mass is 16.2. The summed E-state index contributed by atoms with van der Waals surface area (Å²) in [5, 5.41) is 4.31. The van der Waals surface area contributed by atoms with E-state index in [0.717, 1.165) is 50.2 Å². The van der Waals surface area contributed by atoms with Gasteiger partial charge in [-0.15, -0.1) is 0 Å². The van der Waals surface area contributed by atoms with Crippen LogP contribution >= 0.6 is 0 Å². The predicted molar refractivity (Wildman–Crippen MR) is 79.6 cm³/mol. The van der Waals surface area contributed by atoms with Gasteiger partial charge >= 0.3 is 0 Å². The first-order valence-corrected chi connectivity index (χ1v) is 7.46. The molecule has 0 radical (unpaired) electrons. The van der Waals surface area contributed by atoms with Gasteiger partial charge in [0, 0.05) is 25.3 Å². The molecule has 0 spiro atoms. The van der Waals surface area contributed by atoms with Crippen molar-refractivity contribution in [2.45, 2.75) is 46.6 Å². The molecule has 1 aliphatic heterocycles. The van der Waals surface area contributed by atoms with E-state index in [4.69, 9.17) is 5.73 Å². The first-order valence-electron chi connectivity index (χ1n) is 7.46. The van der Waals surface area contributed by atoms with E-state index in [9.17, 15) is 4.79 Å². The number of nitrogens with two attached hydrogens (primary N) is 1. The molecule has 5 heteroatoms. The molecule has 5 nitrogen and oxygen atoms in total. The summed E-state index contributed by atoms with van der Waals surface area (Å²) in [6, 6.07) is 0. The van der Waals surface area contributed by atoms with Crippen LogP contribution in [0.4, 0.5) is 0 Å². The Balaban J connectivity index is 2.04. The second kappa shape index (κ2) is 5.95. The molecule has 2 heterocycles. The third-order valence-electron chi connectivity index (χ3n) is 4.31. The average Bonchev–Trinajstić information content (AvgIpc) is 2.77. The zero-order valence-electron chi connectivity index (χ0n) is 12.9. The van der Waals surface area contributed by atoms with Crippen LogP contribution < -0.4 is 5.73 Å². The lowest BCUT2D eigenvalue weighted by Gasteiger charge is -2.36. The van der Waals surface area contributed by atoms with Crippen molar-refractivity contribution in [2.75, 3.05) is 19.6 Å². The van der Waals surface area contributed by atoms with Crippen molar-refractivity contribution in [1.82, 2.24) is 14.7 Å². The van der Waals surface area contributed by atoms with Gasteiger partial charge in [-0.3, -0.25) is 9.48 Å². The Morgan fingerprint density at radius 2 is 2.05 bits per heavy atom. The minimum absolute atomic E-state index is 0.122. The lowest BCUT2D eigenvalue weighted by atomic mass is 9.82. The van der Waals surface area contributed by atoms with Crippen molar-refractivity contribution >= 4 is 5.91 Å². The van der Waals surface area contributed by atoms with E-state index in [1.54, 1.807) is 6.20 Å². The van der Waals surface area contributed by atoms with Crippen LogP contribution in [0.25, 0.3) is 0 Å². The lowest BCUT2D eigenvalue weighted by molar-refractivity contribution is 0.0629.